The topological polar surface area (TPSA) is 26.7 Å². The van der Waals surface area contributed by atoms with Crippen LogP contribution in [0.2, 0.25) is 0 Å². The van der Waals surface area contributed by atoms with Crippen LogP contribution in [0.15, 0.2) is 24.3 Å². The third-order valence-electron chi connectivity index (χ3n) is 4.74. The molecule has 1 aromatic rings. The highest BCUT2D eigenvalue weighted by molar-refractivity contribution is 5.24. The van der Waals surface area contributed by atoms with Crippen LogP contribution in [0.5, 0.6) is 0 Å². The largest absolute Gasteiger partial charge is 0.387 e. The Morgan fingerprint density at radius 1 is 1.35 bits per heavy atom. The number of nitrogens with zero attached hydrogens (tertiary/aromatic N) is 2. The molecule has 0 amide bonds. The van der Waals surface area contributed by atoms with E-state index in [1.807, 2.05) is 12.1 Å². The quantitative estimate of drug-likeness (QED) is 0.895. The van der Waals surface area contributed by atoms with Crippen LogP contribution in [-0.2, 0) is 0 Å². The zero-order valence-corrected chi connectivity index (χ0v) is 13.2. The molecule has 0 aliphatic carbocycles. The van der Waals surface area contributed by atoms with Crippen molar-refractivity contribution in [1.29, 1.82) is 0 Å². The number of aliphatic hydroxyl groups is 1. The molecular formula is C17H28N2O. The highest BCUT2D eigenvalue weighted by atomic mass is 16.3. The molecule has 1 aliphatic rings. The van der Waals surface area contributed by atoms with Crippen molar-refractivity contribution in [2.75, 3.05) is 27.2 Å². The fraction of sp³-hybridized carbons (Fsp3) is 0.647. The summed E-state index contributed by atoms with van der Waals surface area (Å²) < 4.78 is 0. The van der Waals surface area contributed by atoms with Gasteiger partial charge in [-0.3, -0.25) is 4.90 Å². The van der Waals surface area contributed by atoms with Gasteiger partial charge in [-0.2, -0.15) is 0 Å². The minimum Gasteiger partial charge on any atom is -0.387 e. The lowest BCUT2D eigenvalue weighted by Crippen LogP contribution is -2.42. The maximum atomic E-state index is 10.5. The second-order valence-corrected chi connectivity index (χ2v) is 6.31. The van der Waals surface area contributed by atoms with Gasteiger partial charge in [0.1, 0.15) is 0 Å². The Labute approximate surface area is 123 Å². The van der Waals surface area contributed by atoms with Gasteiger partial charge < -0.3 is 10.0 Å². The van der Waals surface area contributed by atoms with Gasteiger partial charge in [-0.15, -0.1) is 0 Å². The Kier molecular flexibility index (Phi) is 5.19. The molecule has 0 saturated carbocycles. The zero-order valence-electron chi connectivity index (χ0n) is 13.2. The summed E-state index contributed by atoms with van der Waals surface area (Å²) in [6.45, 7) is 6.41. The monoisotopic (exact) mass is 276 g/mol. The number of rotatable bonds is 5. The van der Waals surface area contributed by atoms with E-state index in [-0.39, 0.29) is 6.04 Å². The Morgan fingerprint density at radius 2 is 2.00 bits per heavy atom. The van der Waals surface area contributed by atoms with Crippen LogP contribution in [0, 0.1) is 6.92 Å². The number of aliphatic hydroxyl groups excluding tert-OH is 1. The lowest BCUT2D eigenvalue weighted by molar-refractivity contribution is 0.0609. The van der Waals surface area contributed by atoms with Crippen molar-refractivity contribution < 1.29 is 5.11 Å². The van der Waals surface area contributed by atoms with Gasteiger partial charge in [0.05, 0.1) is 6.10 Å². The third-order valence-corrected chi connectivity index (χ3v) is 4.74. The van der Waals surface area contributed by atoms with Crippen molar-refractivity contribution in [2.45, 2.75) is 44.9 Å². The predicted octanol–water partition coefficient (Wildman–Crippen LogP) is 2.44. The molecule has 3 heteroatoms. The Hall–Kier alpha value is -0.900. The van der Waals surface area contributed by atoms with E-state index in [1.165, 1.54) is 24.9 Å². The van der Waals surface area contributed by atoms with Crippen molar-refractivity contribution >= 4 is 0 Å². The number of aryl methyl sites for hydroxylation is 1. The molecule has 0 aromatic heterocycles. The van der Waals surface area contributed by atoms with Crippen molar-refractivity contribution in [3.05, 3.63) is 35.4 Å². The molecule has 0 bridgehead atoms. The highest BCUT2D eigenvalue weighted by Gasteiger charge is 2.26. The van der Waals surface area contributed by atoms with Gasteiger partial charge in [-0.05, 0) is 52.9 Å². The van der Waals surface area contributed by atoms with Gasteiger partial charge in [0, 0.05) is 18.6 Å². The standard InChI is InChI=1S/C17H28N2O/c1-13-7-9-15(10-8-13)17(20)14(2)19(4)12-16-6-5-11-18(16)3/h7-10,14,16-17,20H,5-6,11-12H2,1-4H3. The summed E-state index contributed by atoms with van der Waals surface area (Å²) in [6, 6.07) is 8.96. The van der Waals surface area contributed by atoms with Crippen LogP contribution in [0.4, 0.5) is 0 Å². The smallest absolute Gasteiger partial charge is 0.0942 e. The number of likely N-dealkylation sites (tertiary alicyclic amines) is 1. The average molecular weight is 276 g/mol. The number of benzene rings is 1. The van der Waals surface area contributed by atoms with Gasteiger partial charge in [-0.25, -0.2) is 0 Å². The van der Waals surface area contributed by atoms with Crippen molar-refractivity contribution in [2.24, 2.45) is 0 Å². The molecule has 3 nitrogen and oxygen atoms in total. The van der Waals surface area contributed by atoms with E-state index >= 15 is 0 Å². The summed E-state index contributed by atoms with van der Waals surface area (Å²) in [5, 5.41) is 10.5. The van der Waals surface area contributed by atoms with Crippen LogP contribution < -0.4 is 0 Å². The molecule has 2 rings (SSSR count). The summed E-state index contributed by atoms with van der Waals surface area (Å²) >= 11 is 0. The first kappa shape index (κ1) is 15.5. The van der Waals surface area contributed by atoms with Gasteiger partial charge in [0.2, 0.25) is 0 Å². The second-order valence-electron chi connectivity index (χ2n) is 6.31. The molecule has 0 radical (unpaired) electrons. The molecule has 0 spiro atoms. The molecule has 1 aliphatic heterocycles. The first-order chi connectivity index (χ1) is 9.49. The third kappa shape index (κ3) is 3.60. The normalized spacial score (nSPS) is 23.2. The van der Waals surface area contributed by atoms with Crippen LogP contribution in [-0.4, -0.2) is 54.2 Å². The molecule has 3 atom stereocenters. The maximum Gasteiger partial charge on any atom is 0.0942 e. The number of likely N-dealkylation sites (N-methyl/N-ethyl adjacent to an activating group) is 2. The Morgan fingerprint density at radius 3 is 2.55 bits per heavy atom. The lowest BCUT2D eigenvalue weighted by atomic mass is 10.0. The molecule has 1 aromatic carbocycles. The van der Waals surface area contributed by atoms with Crippen LogP contribution in [0.25, 0.3) is 0 Å². The van der Waals surface area contributed by atoms with Gasteiger partial charge in [0.25, 0.3) is 0 Å². The van der Waals surface area contributed by atoms with E-state index in [1.54, 1.807) is 0 Å². The van der Waals surface area contributed by atoms with Crippen molar-refractivity contribution in [3.63, 3.8) is 0 Å². The summed E-state index contributed by atoms with van der Waals surface area (Å²) in [4.78, 5) is 4.72. The van der Waals surface area contributed by atoms with E-state index in [2.05, 4.69) is 49.9 Å². The molecule has 1 fully saturated rings. The first-order valence-electron chi connectivity index (χ1n) is 7.64. The second kappa shape index (κ2) is 6.70. The average Bonchev–Trinajstić information content (AvgIpc) is 2.83. The number of hydrogen-bond acceptors (Lipinski definition) is 3. The molecule has 112 valence electrons. The summed E-state index contributed by atoms with van der Waals surface area (Å²) in [7, 11) is 4.32. The van der Waals surface area contributed by atoms with E-state index in [0.717, 1.165) is 12.1 Å². The van der Waals surface area contributed by atoms with Gasteiger partial charge in [-0.1, -0.05) is 29.8 Å². The molecule has 1 N–H and O–H groups in total. The summed E-state index contributed by atoms with van der Waals surface area (Å²) in [6.07, 6.45) is 2.14. The zero-order chi connectivity index (χ0) is 14.7. The Bertz CT molecular complexity index is 418. The van der Waals surface area contributed by atoms with Gasteiger partial charge in [0.15, 0.2) is 0 Å². The molecule has 1 saturated heterocycles. The van der Waals surface area contributed by atoms with Crippen molar-refractivity contribution in [3.8, 4) is 0 Å². The van der Waals surface area contributed by atoms with Crippen LogP contribution in [0.1, 0.15) is 37.0 Å². The molecule has 20 heavy (non-hydrogen) atoms. The SMILES string of the molecule is Cc1ccc(C(O)C(C)N(C)CC2CCCN2C)cc1. The first-order valence-corrected chi connectivity index (χ1v) is 7.64. The van der Waals surface area contributed by atoms with E-state index in [0.29, 0.717) is 6.04 Å². The molecule has 1 heterocycles. The summed E-state index contributed by atoms with van der Waals surface area (Å²) in [5.41, 5.74) is 2.24. The Balaban J connectivity index is 1.95. The maximum absolute atomic E-state index is 10.5. The lowest BCUT2D eigenvalue weighted by Gasteiger charge is -2.33. The number of hydrogen-bond donors (Lipinski definition) is 1. The highest BCUT2D eigenvalue weighted by Crippen LogP contribution is 2.23. The van der Waals surface area contributed by atoms with E-state index in [9.17, 15) is 5.11 Å². The van der Waals surface area contributed by atoms with E-state index in [4.69, 9.17) is 0 Å². The van der Waals surface area contributed by atoms with Crippen LogP contribution in [0.3, 0.4) is 0 Å². The fourth-order valence-corrected chi connectivity index (χ4v) is 2.99. The van der Waals surface area contributed by atoms with E-state index < -0.39 is 6.10 Å². The van der Waals surface area contributed by atoms with Gasteiger partial charge >= 0.3 is 0 Å². The molecule has 3 unspecified atom stereocenters. The predicted molar refractivity (Wildman–Crippen MR) is 83.9 cm³/mol. The van der Waals surface area contributed by atoms with Crippen LogP contribution >= 0.6 is 0 Å². The molecular weight excluding hydrogens is 248 g/mol. The van der Waals surface area contributed by atoms with Crippen molar-refractivity contribution in [1.82, 2.24) is 9.80 Å². The minimum absolute atomic E-state index is 0.131. The fourth-order valence-electron chi connectivity index (χ4n) is 2.99. The summed E-state index contributed by atoms with van der Waals surface area (Å²) in [5.74, 6) is 0. The minimum atomic E-state index is -0.424.